The molecule has 8 nitrogen and oxygen atoms in total. The van der Waals surface area contributed by atoms with Crippen LogP contribution in [0.15, 0.2) is 48.5 Å². The van der Waals surface area contributed by atoms with E-state index in [9.17, 15) is 14.4 Å². The molecule has 0 unspecified atom stereocenters. The topological polar surface area (TPSA) is 101 Å². The van der Waals surface area contributed by atoms with E-state index in [1.807, 2.05) is 0 Å². The van der Waals surface area contributed by atoms with Crippen molar-refractivity contribution in [1.82, 2.24) is 15.1 Å². The lowest BCUT2D eigenvalue weighted by Crippen LogP contribution is -2.37. The van der Waals surface area contributed by atoms with Gasteiger partial charge in [0.15, 0.2) is 0 Å². The average molecular weight is 443 g/mol. The molecule has 10 heteroatoms. The molecule has 0 radical (unpaired) electrons. The molecule has 0 bridgehead atoms. The predicted octanol–water partition coefficient (Wildman–Crippen LogP) is 3.05. The second-order valence-corrected chi connectivity index (χ2v) is 7.84. The number of nitrogens with zero attached hydrogens (tertiary/aromatic N) is 3. The average Bonchev–Trinajstić information content (AvgIpc) is 3.28. The predicted molar refractivity (Wildman–Crippen MR) is 111 cm³/mol. The number of carbonyl (C=O) groups is 3. The Hall–Kier alpha value is -3.30. The molecule has 2 aromatic carbocycles. The third-order valence-corrected chi connectivity index (χ3v) is 5.44. The summed E-state index contributed by atoms with van der Waals surface area (Å²) in [6.45, 7) is 0.000189. The van der Waals surface area contributed by atoms with Gasteiger partial charge in [-0.3, -0.25) is 24.6 Å². The van der Waals surface area contributed by atoms with Gasteiger partial charge in [-0.15, -0.1) is 10.2 Å². The minimum absolute atomic E-state index is 0.290. The fraction of sp³-hybridized carbons (Fsp3) is 0.150. The summed E-state index contributed by atoms with van der Waals surface area (Å²) in [5.41, 5.74) is 0.600. The molecular weight excluding hydrogens is 428 g/mol. The Balaban J connectivity index is 1.28. The van der Waals surface area contributed by atoms with E-state index in [-0.39, 0.29) is 11.7 Å². The van der Waals surface area contributed by atoms with Gasteiger partial charge >= 0.3 is 0 Å². The molecule has 1 N–H and O–H groups in total. The zero-order valence-electron chi connectivity index (χ0n) is 15.5. The zero-order valence-corrected chi connectivity index (χ0v) is 17.1. The number of nitrogens with one attached hydrogen (secondary N) is 1. The maximum Gasteiger partial charge on any atom is 0.262 e. The summed E-state index contributed by atoms with van der Waals surface area (Å²) in [7, 11) is 0. The monoisotopic (exact) mass is 442 g/mol. The van der Waals surface area contributed by atoms with Gasteiger partial charge < -0.3 is 4.74 Å². The van der Waals surface area contributed by atoms with Gasteiger partial charge in [-0.25, -0.2) is 0 Å². The first-order chi connectivity index (χ1) is 14.5. The first kappa shape index (κ1) is 20.0. The van der Waals surface area contributed by atoms with Crippen LogP contribution in [0.3, 0.4) is 0 Å². The Morgan fingerprint density at radius 3 is 2.37 bits per heavy atom. The quantitative estimate of drug-likeness (QED) is 0.564. The Bertz CT molecular complexity index is 1080. The molecule has 152 valence electrons. The number of fused-ring (bicyclic) bond motifs is 1. The first-order valence-corrected chi connectivity index (χ1v) is 10.2. The van der Waals surface area contributed by atoms with E-state index in [2.05, 4.69) is 15.5 Å². The van der Waals surface area contributed by atoms with Crippen LogP contribution in [0.2, 0.25) is 5.02 Å². The number of amides is 3. The van der Waals surface area contributed by atoms with E-state index in [1.54, 1.807) is 48.5 Å². The molecule has 0 saturated carbocycles. The van der Waals surface area contributed by atoms with Crippen LogP contribution in [0.5, 0.6) is 5.75 Å². The van der Waals surface area contributed by atoms with E-state index in [1.165, 1.54) is 11.3 Å². The minimum Gasteiger partial charge on any atom is -0.493 e. The lowest BCUT2D eigenvalue weighted by atomic mass is 10.1. The van der Waals surface area contributed by atoms with Crippen molar-refractivity contribution in [3.8, 4) is 5.75 Å². The summed E-state index contributed by atoms with van der Waals surface area (Å²) >= 11 is 7.03. The van der Waals surface area contributed by atoms with Crippen LogP contribution in [0.4, 0.5) is 5.13 Å². The van der Waals surface area contributed by atoms with E-state index in [4.69, 9.17) is 16.3 Å². The molecular formula is C20H15ClN4O4S. The van der Waals surface area contributed by atoms with Crippen molar-refractivity contribution < 1.29 is 19.1 Å². The Morgan fingerprint density at radius 1 is 1.03 bits per heavy atom. The number of halogens is 1. The third kappa shape index (κ3) is 4.32. The normalized spacial score (nSPS) is 12.8. The van der Waals surface area contributed by atoms with E-state index < -0.39 is 17.7 Å². The highest BCUT2D eigenvalue weighted by molar-refractivity contribution is 7.15. The molecule has 0 fully saturated rings. The molecule has 1 aromatic heterocycles. The van der Waals surface area contributed by atoms with Gasteiger partial charge in [0.25, 0.3) is 11.8 Å². The Labute approximate surface area is 180 Å². The fourth-order valence-corrected chi connectivity index (χ4v) is 3.74. The number of aromatic nitrogens is 2. The van der Waals surface area contributed by atoms with Gasteiger partial charge in [-0.2, -0.15) is 0 Å². The molecule has 1 aliphatic heterocycles. The van der Waals surface area contributed by atoms with Gasteiger partial charge in [0.1, 0.15) is 17.3 Å². The molecule has 2 heterocycles. The molecule has 4 rings (SSSR count). The highest BCUT2D eigenvalue weighted by Crippen LogP contribution is 2.23. The lowest BCUT2D eigenvalue weighted by Gasteiger charge is -2.12. The number of carbonyl (C=O) groups excluding carboxylic acids is 3. The molecule has 0 aliphatic carbocycles. The van der Waals surface area contributed by atoms with E-state index in [0.717, 1.165) is 4.90 Å². The van der Waals surface area contributed by atoms with E-state index >= 15 is 0 Å². The molecule has 30 heavy (non-hydrogen) atoms. The van der Waals surface area contributed by atoms with Crippen LogP contribution >= 0.6 is 22.9 Å². The van der Waals surface area contributed by atoms with Crippen molar-refractivity contribution in [2.75, 3.05) is 18.5 Å². The van der Waals surface area contributed by atoms with Crippen LogP contribution in [-0.2, 0) is 11.2 Å². The summed E-state index contributed by atoms with van der Waals surface area (Å²) in [6, 6.07) is 13.5. The molecule has 1 aliphatic rings. The smallest absolute Gasteiger partial charge is 0.262 e. The van der Waals surface area contributed by atoms with Gasteiger partial charge in [0, 0.05) is 11.4 Å². The van der Waals surface area contributed by atoms with Crippen molar-refractivity contribution in [3.63, 3.8) is 0 Å². The summed E-state index contributed by atoms with van der Waals surface area (Å²) in [5.74, 6) is -0.797. The maximum atomic E-state index is 12.3. The SMILES string of the molecule is O=C(CN1C(=O)c2ccccc2C1=O)Nc1nnc(CCOc2ccc(Cl)cc2)s1. The summed E-state index contributed by atoms with van der Waals surface area (Å²) in [5, 5.41) is 12.1. The van der Waals surface area contributed by atoms with Crippen LogP contribution in [0, 0.1) is 0 Å². The number of benzene rings is 2. The van der Waals surface area contributed by atoms with Gasteiger partial charge in [-0.1, -0.05) is 35.1 Å². The molecule has 3 aromatic rings. The highest BCUT2D eigenvalue weighted by atomic mass is 35.5. The van der Waals surface area contributed by atoms with Gasteiger partial charge in [-0.05, 0) is 36.4 Å². The number of hydrogen-bond donors (Lipinski definition) is 1. The molecule has 0 atom stereocenters. The Kier molecular flexibility index (Phi) is 5.73. The van der Waals surface area contributed by atoms with Crippen molar-refractivity contribution >= 4 is 45.8 Å². The number of anilines is 1. The lowest BCUT2D eigenvalue weighted by molar-refractivity contribution is -0.116. The van der Waals surface area contributed by atoms with Crippen LogP contribution in [-0.4, -0.2) is 46.0 Å². The summed E-state index contributed by atoms with van der Waals surface area (Å²) < 4.78 is 5.61. The first-order valence-electron chi connectivity index (χ1n) is 8.97. The Morgan fingerprint density at radius 2 is 1.70 bits per heavy atom. The van der Waals surface area contributed by atoms with Crippen molar-refractivity contribution in [1.29, 1.82) is 0 Å². The largest absolute Gasteiger partial charge is 0.493 e. The number of ether oxygens (including phenoxy) is 1. The number of hydrogen-bond acceptors (Lipinski definition) is 7. The van der Waals surface area contributed by atoms with Crippen LogP contribution < -0.4 is 10.1 Å². The van der Waals surface area contributed by atoms with Crippen molar-refractivity contribution in [3.05, 3.63) is 69.7 Å². The third-order valence-electron chi connectivity index (χ3n) is 4.29. The van der Waals surface area contributed by atoms with Gasteiger partial charge in [0.05, 0.1) is 17.7 Å². The maximum absolute atomic E-state index is 12.3. The second kappa shape index (κ2) is 8.60. The van der Waals surface area contributed by atoms with Crippen LogP contribution in [0.1, 0.15) is 25.7 Å². The number of imide groups is 1. The number of rotatable bonds is 7. The highest BCUT2D eigenvalue weighted by Gasteiger charge is 2.36. The second-order valence-electron chi connectivity index (χ2n) is 6.34. The summed E-state index contributed by atoms with van der Waals surface area (Å²) in [6.07, 6.45) is 0.509. The van der Waals surface area contributed by atoms with Crippen LogP contribution in [0.25, 0.3) is 0 Å². The molecule has 0 spiro atoms. The minimum atomic E-state index is -0.523. The molecule has 3 amide bonds. The standard InChI is InChI=1S/C20H15ClN4O4S/c21-12-5-7-13(8-6-12)29-10-9-17-23-24-20(30-17)22-16(26)11-25-18(27)14-3-1-2-4-15(14)19(25)28/h1-8H,9-11H2,(H,22,24,26). The molecule has 0 saturated heterocycles. The van der Waals surface area contributed by atoms with E-state index in [0.29, 0.717) is 39.9 Å². The zero-order chi connectivity index (χ0) is 21.1. The van der Waals surface area contributed by atoms with Gasteiger partial charge in [0.2, 0.25) is 11.0 Å². The van der Waals surface area contributed by atoms with Crippen molar-refractivity contribution in [2.45, 2.75) is 6.42 Å². The fourth-order valence-electron chi connectivity index (χ4n) is 2.88. The van der Waals surface area contributed by atoms with Crippen molar-refractivity contribution in [2.24, 2.45) is 0 Å². The summed E-state index contributed by atoms with van der Waals surface area (Å²) in [4.78, 5) is 37.9.